The van der Waals surface area contributed by atoms with Crippen LogP contribution >= 0.6 is 0 Å². The molecule has 106 valence electrons. The number of carbonyl (C=O) groups is 1. The molecule has 2 rings (SSSR count). The Bertz CT molecular complexity index is 680. The smallest absolute Gasteiger partial charge is 0.261 e. The van der Waals surface area contributed by atoms with Crippen molar-refractivity contribution in [3.63, 3.8) is 0 Å². The van der Waals surface area contributed by atoms with E-state index in [1.54, 1.807) is 30.3 Å². The van der Waals surface area contributed by atoms with Crippen LogP contribution in [0.1, 0.15) is 16.8 Å². The number of amides is 1. The molecule has 0 radical (unpaired) electrons. The van der Waals surface area contributed by atoms with Crippen molar-refractivity contribution in [2.45, 2.75) is 6.42 Å². The summed E-state index contributed by atoms with van der Waals surface area (Å²) in [4.78, 5) is 13.7. The summed E-state index contributed by atoms with van der Waals surface area (Å²) in [5.41, 5.74) is 0.179. The van der Waals surface area contributed by atoms with Crippen LogP contribution in [0.5, 0.6) is 0 Å². The standard InChI is InChI=1S/C16H12F2N2O/c17-14-9-4-8-13(15(14)18)16(21)20(11-5-10-19)12-6-2-1-3-7-12/h1-4,6-9H,5,11H2. The average Bonchev–Trinajstić information content (AvgIpc) is 2.51. The second-order valence-corrected chi connectivity index (χ2v) is 4.30. The number of rotatable bonds is 4. The first-order chi connectivity index (χ1) is 10.1. The lowest BCUT2D eigenvalue weighted by molar-refractivity contribution is 0.0982. The van der Waals surface area contributed by atoms with E-state index in [1.165, 1.54) is 17.0 Å². The molecule has 0 heterocycles. The molecular weight excluding hydrogens is 274 g/mol. The third kappa shape index (κ3) is 3.23. The SMILES string of the molecule is N#CCCN(C(=O)c1cccc(F)c1F)c1ccccc1. The lowest BCUT2D eigenvalue weighted by atomic mass is 10.1. The number of benzene rings is 2. The summed E-state index contributed by atoms with van der Waals surface area (Å²) >= 11 is 0. The number of hydrogen-bond donors (Lipinski definition) is 0. The molecule has 0 unspecified atom stereocenters. The van der Waals surface area contributed by atoms with Gasteiger partial charge in [0.1, 0.15) is 0 Å². The van der Waals surface area contributed by atoms with Gasteiger partial charge in [-0.15, -0.1) is 0 Å². The zero-order valence-corrected chi connectivity index (χ0v) is 11.1. The predicted octanol–water partition coefficient (Wildman–Crippen LogP) is 3.53. The molecule has 5 heteroatoms. The Morgan fingerprint density at radius 2 is 1.81 bits per heavy atom. The molecular formula is C16H12F2N2O. The highest BCUT2D eigenvalue weighted by molar-refractivity contribution is 6.06. The first kappa shape index (κ1) is 14.7. The number of nitriles is 1. The zero-order valence-electron chi connectivity index (χ0n) is 11.1. The Kier molecular flexibility index (Phi) is 4.62. The number of nitrogens with zero attached hydrogens (tertiary/aromatic N) is 2. The summed E-state index contributed by atoms with van der Waals surface area (Å²) in [5.74, 6) is -2.93. The van der Waals surface area contributed by atoms with Crippen LogP contribution in [0.25, 0.3) is 0 Å². The van der Waals surface area contributed by atoms with Gasteiger partial charge in [0.2, 0.25) is 0 Å². The van der Waals surface area contributed by atoms with E-state index in [4.69, 9.17) is 5.26 Å². The molecule has 0 saturated heterocycles. The molecule has 0 N–H and O–H groups in total. The summed E-state index contributed by atoms with van der Waals surface area (Å²) in [6, 6.07) is 14.0. The van der Waals surface area contributed by atoms with Crippen molar-refractivity contribution in [3.8, 4) is 6.07 Å². The van der Waals surface area contributed by atoms with Gasteiger partial charge in [0.25, 0.3) is 5.91 Å². The van der Waals surface area contributed by atoms with Crippen molar-refractivity contribution in [1.82, 2.24) is 0 Å². The normalized spacial score (nSPS) is 9.95. The first-order valence-corrected chi connectivity index (χ1v) is 6.33. The molecule has 0 saturated carbocycles. The first-order valence-electron chi connectivity index (χ1n) is 6.33. The van der Waals surface area contributed by atoms with E-state index >= 15 is 0 Å². The van der Waals surface area contributed by atoms with Gasteiger partial charge in [0, 0.05) is 12.2 Å². The molecule has 0 bridgehead atoms. The van der Waals surface area contributed by atoms with E-state index in [1.807, 2.05) is 6.07 Å². The minimum absolute atomic E-state index is 0.0948. The lowest BCUT2D eigenvalue weighted by Gasteiger charge is -2.22. The summed E-state index contributed by atoms with van der Waals surface area (Å²) in [6.45, 7) is 0.106. The van der Waals surface area contributed by atoms with Crippen molar-refractivity contribution in [2.24, 2.45) is 0 Å². The highest BCUT2D eigenvalue weighted by Gasteiger charge is 2.22. The van der Waals surface area contributed by atoms with E-state index in [9.17, 15) is 13.6 Å². The molecule has 0 aliphatic carbocycles. The largest absolute Gasteiger partial charge is 0.307 e. The van der Waals surface area contributed by atoms with Gasteiger partial charge in [-0.3, -0.25) is 4.79 Å². The Hall–Kier alpha value is -2.74. The fourth-order valence-electron chi connectivity index (χ4n) is 1.93. The van der Waals surface area contributed by atoms with Crippen LogP contribution in [0.2, 0.25) is 0 Å². The molecule has 0 aliphatic rings. The highest BCUT2D eigenvalue weighted by Crippen LogP contribution is 2.20. The van der Waals surface area contributed by atoms with Crippen LogP contribution in [0.4, 0.5) is 14.5 Å². The number of para-hydroxylation sites is 1. The Balaban J connectivity index is 2.39. The molecule has 2 aromatic carbocycles. The Morgan fingerprint density at radius 1 is 1.10 bits per heavy atom. The van der Waals surface area contributed by atoms with Crippen molar-refractivity contribution in [2.75, 3.05) is 11.4 Å². The van der Waals surface area contributed by atoms with Crippen LogP contribution in [0.15, 0.2) is 48.5 Å². The van der Waals surface area contributed by atoms with Gasteiger partial charge in [-0.1, -0.05) is 24.3 Å². The molecule has 0 spiro atoms. The maximum atomic E-state index is 13.8. The minimum Gasteiger partial charge on any atom is -0.307 e. The molecule has 0 aromatic heterocycles. The number of anilines is 1. The molecule has 0 fully saturated rings. The molecule has 21 heavy (non-hydrogen) atoms. The summed E-state index contributed by atoms with van der Waals surface area (Å²) in [7, 11) is 0. The van der Waals surface area contributed by atoms with Gasteiger partial charge in [-0.05, 0) is 24.3 Å². The van der Waals surface area contributed by atoms with Crippen molar-refractivity contribution >= 4 is 11.6 Å². The summed E-state index contributed by atoms with van der Waals surface area (Å²) < 4.78 is 27.0. The van der Waals surface area contributed by atoms with Crippen LogP contribution in [-0.2, 0) is 0 Å². The third-order valence-corrected chi connectivity index (χ3v) is 2.94. The average molecular weight is 286 g/mol. The number of halogens is 2. The maximum Gasteiger partial charge on any atom is 0.261 e. The van der Waals surface area contributed by atoms with Gasteiger partial charge in [0.15, 0.2) is 11.6 Å². The zero-order chi connectivity index (χ0) is 15.2. The number of hydrogen-bond acceptors (Lipinski definition) is 2. The maximum absolute atomic E-state index is 13.8. The van der Waals surface area contributed by atoms with Crippen molar-refractivity contribution in [3.05, 3.63) is 65.7 Å². The fraction of sp³-hybridized carbons (Fsp3) is 0.125. The summed E-state index contributed by atoms with van der Waals surface area (Å²) in [6.07, 6.45) is 0.0948. The van der Waals surface area contributed by atoms with Gasteiger partial charge < -0.3 is 4.90 Å². The van der Waals surface area contributed by atoms with Gasteiger partial charge >= 0.3 is 0 Å². The van der Waals surface area contributed by atoms with Crippen LogP contribution in [0.3, 0.4) is 0 Å². The molecule has 2 aromatic rings. The highest BCUT2D eigenvalue weighted by atomic mass is 19.2. The molecule has 1 amide bonds. The van der Waals surface area contributed by atoms with Crippen molar-refractivity contribution < 1.29 is 13.6 Å². The quantitative estimate of drug-likeness (QED) is 0.863. The topological polar surface area (TPSA) is 44.1 Å². The monoisotopic (exact) mass is 286 g/mol. The van der Waals surface area contributed by atoms with E-state index in [0.29, 0.717) is 5.69 Å². The third-order valence-electron chi connectivity index (χ3n) is 2.94. The van der Waals surface area contributed by atoms with Crippen LogP contribution < -0.4 is 4.90 Å². The number of carbonyl (C=O) groups excluding carboxylic acids is 1. The molecule has 0 atom stereocenters. The van der Waals surface area contributed by atoms with Gasteiger partial charge in [0.05, 0.1) is 18.1 Å². The second kappa shape index (κ2) is 6.62. The van der Waals surface area contributed by atoms with Crippen LogP contribution in [0, 0.1) is 23.0 Å². The minimum atomic E-state index is -1.18. The lowest BCUT2D eigenvalue weighted by Crippen LogP contribution is -2.32. The Labute approximate surface area is 121 Å². The second-order valence-electron chi connectivity index (χ2n) is 4.30. The van der Waals surface area contributed by atoms with Crippen LogP contribution in [-0.4, -0.2) is 12.5 Å². The summed E-state index contributed by atoms with van der Waals surface area (Å²) in [5, 5.41) is 8.69. The molecule has 3 nitrogen and oxygen atoms in total. The fourth-order valence-corrected chi connectivity index (χ4v) is 1.93. The van der Waals surface area contributed by atoms with E-state index in [0.717, 1.165) is 6.07 Å². The Morgan fingerprint density at radius 3 is 2.48 bits per heavy atom. The van der Waals surface area contributed by atoms with E-state index in [2.05, 4.69) is 0 Å². The van der Waals surface area contributed by atoms with E-state index < -0.39 is 17.5 Å². The van der Waals surface area contributed by atoms with E-state index in [-0.39, 0.29) is 18.5 Å². The van der Waals surface area contributed by atoms with Gasteiger partial charge in [-0.2, -0.15) is 5.26 Å². The van der Waals surface area contributed by atoms with Crippen molar-refractivity contribution in [1.29, 1.82) is 5.26 Å². The predicted molar refractivity (Wildman–Crippen MR) is 74.7 cm³/mol. The van der Waals surface area contributed by atoms with Gasteiger partial charge in [-0.25, -0.2) is 8.78 Å². The molecule has 0 aliphatic heterocycles.